The van der Waals surface area contributed by atoms with Crippen LogP contribution in [0.4, 0.5) is 0 Å². The molecule has 1 nitrogen and oxygen atoms in total. The Balaban J connectivity index is 2.93. The molecule has 0 aromatic heterocycles. The molecule has 0 aliphatic rings. The number of nitrogens with zero attached hydrogens (tertiary/aromatic N) is 1. The second kappa shape index (κ2) is 3.51. The van der Waals surface area contributed by atoms with E-state index in [1.165, 1.54) is 0 Å². The average Bonchev–Trinajstić information content (AvgIpc) is 1.41. The van der Waals surface area contributed by atoms with Crippen LogP contribution in [0.5, 0.6) is 0 Å². The van der Waals surface area contributed by atoms with Gasteiger partial charge in [0.1, 0.15) is 0 Å². The van der Waals surface area contributed by atoms with Crippen molar-refractivity contribution in [3.05, 3.63) is 6.58 Å². The quantitative estimate of drug-likeness (QED) is 0.312. The highest BCUT2D eigenvalue weighted by molar-refractivity contribution is 6.32. The summed E-state index contributed by atoms with van der Waals surface area (Å²) in [6.45, 7) is 5.05. The van der Waals surface area contributed by atoms with Gasteiger partial charge in [-0.25, -0.2) is 0 Å². The fourth-order valence-corrected chi connectivity index (χ4v) is 0.0913. The summed E-state index contributed by atoms with van der Waals surface area (Å²) in [5.41, 5.74) is 0. The summed E-state index contributed by atoms with van der Waals surface area (Å²) in [7, 11) is 1.63. The number of hydrogen-bond donors (Lipinski definition) is 0. The molecular formula is C3H5BN. The monoisotopic (exact) mass is 66.1 g/mol. The van der Waals surface area contributed by atoms with Crippen molar-refractivity contribution in [2.45, 2.75) is 6.82 Å². The zero-order valence-corrected chi connectivity index (χ0v) is 3.23. The summed E-state index contributed by atoms with van der Waals surface area (Å²) >= 11 is 0. The van der Waals surface area contributed by atoms with E-state index >= 15 is 0 Å². The van der Waals surface area contributed by atoms with E-state index in [1.54, 1.807) is 7.41 Å². The van der Waals surface area contributed by atoms with Crippen LogP contribution in [0.2, 0.25) is 6.82 Å². The lowest BCUT2D eigenvalue weighted by Gasteiger charge is -1.57. The first-order valence-electron chi connectivity index (χ1n) is 1.41. The molecule has 0 saturated carbocycles. The van der Waals surface area contributed by atoms with Crippen molar-refractivity contribution in [3.63, 3.8) is 0 Å². The summed E-state index contributed by atoms with van der Waals surface area (Å²) < 4.78 is 0. The molecule has 0 N–H and O–H groups in total. The molecule has 0 aliphatic carbocycles. The van der Waals surface area contributed by atoms with Crippen LogP contribution in [0, 0.1) is 0 Å². The maximum Gasteiger partial charge on any atom is 0.285 e. The van der Waals surface area contributed by atoms with Crippen LogP contribution >= 0.6 is 0 Å². The van der Waals surface area contributed by atoms with Gasteiger partial charge in [-0.2, -0.15) is 0 Å². The van der Waals surface area contributed by atoms with Crippen molar-refractivity contribution in [2.75, 3.05) is 0 Å². The molecule has 0 atom stereocenters. The third kappa shape index (κ3) is 3.51. The van der Waals surface area contributed by atoms with Crippen molar-refractivity contribution < 1.29 is 0 Å². The molecule has 25 valence electrons. The summed E-state index contributed by atoms with van der Waals surface area (Å²) in [6, 6.07) is 0. The third-order valence-electron chi connectivity index (χ3n) is 0.220. The SMILES string of the molecule is C=C=N[B]C. The van der Waals surface area contributed by atoms with E-state index in [2.05, 4.69) is 17.4 Å². The Morgan fingerprint density at radius 2 is 2.60 bits per heavy atom. The molecule has 2 heteroatoms. The van der Waals surface area contributed by atoms with Gasteiger partial charge < -0.3 is 4.90 Å². The Bertz CT molecular complexity index is 53.9. The average molecular weight is 65.9 g/mol. The molecule has 0 aliphatic heterocycles. The fourth-order valence-electron chi connectivity index (χ4n) is 0.0913. The van der Waals surface area contributed by atoms with Crippen LogP contribution in [0.1, 0.15) is 0 Å². The Labute approximate surface area is 32.7 Å². The zero-order chi connectivity index (χ0) is 4.12. The first-order valence-corrected chi connectivity index (χ1v) is 1.41. The van der Waals surface area contributed by atoms with E-state index in [4.69, 9.17) is 0 Å². The van der Waals surface area contributed by atoms with Gasteiger partial charge in [0.25, 0.3) is 7.41 Å². The maximum absolute atomic E-state index is 3.49. The van der Waals surface area contributed by atoms with E-state index in [-0.39, 0.29) is 0 Å². The molecule has 0 unspecified atom stereocenters. The summed E-state index contributed by atoms with van der Waals surface area (Å²) in [6.07, 6.45) is 0. The van der Waals surface area contributed by atoms with Gasteiger partial charge in [-0.15, -0.1) is 0 Å². The van der Waals surface area contributed by atoms with Gasteiger partial charge in [0.15, 0.2) is 0 Å². The smallest absolute Gasteiger partial charge is 0.285 e. The van der Waals surface area contributed by atoms with E-state index in [0.29, 0.717) is 0 Å². The Kier molecular flexibility index (Phi) is 3.17. The van der Waals surface area contributed by atoms with Gasteiger partial charge in [0, 0.05) is 0 Å². The van der Waals surface area contributed by atoms with Gasteiger partial charge in [-0.1, -0.05) is 6.82 Å². The van der Waals surface area contributed by atoms with Gasteiger partial charge in [-0.3, -0.25) is 0 Å². The van der Waals surface area contributed by atoms with Crippen LogP contribution in [-0.2, 0) is 0 Å². The van der Waals surface area contributed by atoms with Crippen molar-refractivity contribution >= 4 is 13.3 Å². The van der Waals surface area contributed by atoms with Gasteiger partial charge in [0.2, 0.25) is 0 Å². The molecule has 0 heterocycles. The van der Waals surface area contributed by atoms with E-state index in [0.717, 1.165) is 0 Å². The minimum atomic E-state index is 1.63. The predicted octanol–water partition coefficient (Wildman–Crippen LogP) is 0.509. The summed E-state index contributed by atoms with van der Waals surface area (Å²) in [5.74, 6) is 2.34. The van der Waals surface area contributed by atoms with Crippen LogP contribution in [-0.4, -0.2) is 13.3 Å². The topological polar surface area (TPSA) is 12.4 Å². The fraction of sp³-hybridized carbons (Fsp3) is 0.333. The molecule has 5 heavy (non-hydrogen) atoms. The molecular weight excluding hydrogens is 60.9 g/mol. The third-order valence-corrected chi connectivity index (χ3v) is 0.220. The molecule has 0 rings (SSSR count). The Morgan fingerprint density at radius 1 is 2.00 bits per heavy atom. The van der Waals surface area contributed by atoms with Crippen LogP contribution in [0.15, 0.2) is 11.5 Å². The molecule has 0 aromatic carbocycles. The first-order chi connectivity index (χ1) is 2.41. The molecule has 0 bridgehead atoms. The number of hydrogen-bond acceptors (Lipinski definition) is 1. The highest BCUT2D eigenvalue weighted by atomic mass is 14.5. The van der Waals surface area contributed by atoms with Crippen LogP contribution in [0.3, 0.4) is 0 Å². The van der Waals surface area contributed by atoms with E-state index in [9.17, 15) is 0 Å². The van der Waals surface area contributed by atoms with Crippen LogP contribution < -0.4 is 0 Å². The van der Waals surface area contributed by atoms with E-state index < -0.39 is 0 Å². The molecule has 0 fully saturated rings. The summed E-state index contributed by atoms with van der Waals surface area (Å²) in [5, 5.41) is 0. The van der Waals surface area contributed by atoms with Crippen molar-refractivity contribution in [2.24, 2.45) is 4.90 Å². The highest BCUT2D eigenvalue weighted by Gasteiger charge is 1.57. The van der Waals surface area contributed by atoms with Gasteiger partial charge in [-0.05, 0) is 12.4 Å². The second-order valence-electron chi connectivity index (χ2n) is 0.545. The summed E-state index contributed by atoms with van der Waals surface area (Å²) in [4.78, 5) is 3.49. The lowest BCUT2D eigenvalue weighted by Crippen LogP contribution is -1.65. The minimum Gasteiger partial charge on any atom is -0.312 e. The molecule has 1 radical (unpaired) electrons. The van der Waals surface area contributed by atoms with Gasteiger partial charge in [0.05, 0.1) is 0 Å². The first kappa shape index (κ1) is 4.51. The highest BCUT2D eigenvalue weighted by Crippen LogP contribution is 1.48. The molecule has 0 aromatic rings. The van der Waals surface area contributed by atoms with Crippen LogP contribution in [0.25, 0.3) is 0 Å². The van der Waals surface area contributed by atoms with Crippen molar-refractivity contribution in [3.8, 4) is 0 Å². The second-order valence-corrected chi connectivity index (χ2v) is 0.545. The van der Waals surface area contributed by atoms with Crippen molar-refractivity contribution in [1.29, 1.82) is 0 Å². The predicted molar refractivity (Wildman–Crippen MR) is 24.7 cm³/mol. The van der Waals surface area contributed by atoms with E-state index in [1.807, 2.05) is 6.82 Å². The Morgan fingerprint density at radius 3 is 2.60 bits per heavy atom. The lowest BCUT2D eigenvalue weighted by atomic mass is 10.0. The maximum atomic E-state index is 3.49. The molecule has 0 saturated heterocycles. The normalized spacial score (nSPS) is 5.00. The Hall–Kier alpha value is -0.485. The number of rotatable bonds is 1. The largest absolute Gasteiger partial charge is 0.312 e. The molecule has 0 spiro atoms. The minimum absolute atomic E-state index is 1.63. The zero-order valence-electron chi connectivity index (χ0n) is 3.23. The lowest BCUT2D eigenvalue weighted by molar-refractivity contribution is 1.88. The standard InChI is InChI=1S/C3H5BN/c1-3-5-4-2/h1H2,2H3. The van der Waals surface area contributed by atoms with Crippen molar-refractivity contribution in [1.82, 2.24) is 0 Å². The molecule has 0 amide bonds. The van der Waals surface area contributed by atoms with Gasteiger partial charge >= 0.3 is 0 Å².